The van der Waals surface area contributed by atoms with Gasteiger partial charge in [0.05, 0.1) is 11.6 Å². The highest BCUT2D eigenvalue weighted by molar-refractivity contribution is 9.10. The van der Waals surface area contributed by atoms with Gasteiger partial charge < -0.3 is 10.5 Å². The molecule has 2 N–H and O–H groups in total. The Kier molecular flexibility index (Phi) is 4.49. The Morgan fingerprint density at radius 1 is 1.39 bits per heavy atom. The van der Waals surface area contributed by atoms with Crippen molar-refractivity contribution in [1.29, 1.82) is 0 Å². The van der Waals surface area contributed by atoms with Gasteiger partial charge in [-0.2, -0.15) is 5.10 Å². The van der Waals surface area contributed by atoms with Gasteiger partial charge in [0.15, 0.2) is 0 Å². The van der Waals surface area contributed by atoms with E-state index < -0.39 is 0 Å². The van der Waals surface area contributed by atoms with Crippen LogP contribution in [0.3, 0.4) is 0 Å². The van der Waals surface area contributed by atoms with Crippen molar-refractivity contribution in [3.63, 3.8) is 0 Å². The van der Waals surface area contributed by atoms with Gasteiger partial charge in [-0.3, -0.25) is 4.68 Å². The summed E-state index contributed by atoms with van der Waals surface area (Å²) in [7, 11) is 0. The van der Waals surface area contributed by atoms with E-state index in [9.17, 15) is 0 Å². The van der Waals surface area contributed by atoms with Crippen LogP contribution in [0.4, 0.5) is 5.82 Å². The Morgan fingerprint density at radius 3 is 2.94 bits per heavy atom. The fraction of sp³-hybridized carbons (Fsp3) is 0.250. The molecule has 1 heterocycles. The van der Waals surface area contributed by atoms with Crippen molar-refractivity contribution in [2.45, 2.75) is 13.0 Å². The molecule has 0 bridgehead atoms. The normalized spacial score (nSPS) is 10.6. The average Bonchev–Trinajstić information content (AvgIpc) is 2.75. The zero-order chi connectivity index (χ0) is 13.0. The van der Waals surface area contributed by atoms with Gasteiger partial charge in [-0.15, -0.1) is 0 Å². The summed E-state index contributed by atoms with van der Waals surface area (Å²) >= 11 is 9.39. The average molecular weight is 331 g/mol. The van der Waals surface area contributed by atoms with Gasteiger partial charge >= 0.3 is 0 Å². The highest BCUT2D eigenvalue weighted by Crippen LogP contribution is 2.27. The molecule has 0 radical (unpaired) electrons. The fourth-order valence-corrected chi connectivity index (χ4v) is 2.01. The maximum atomic E-state index is 6.02. The van der Waals surface area contributed by atoms with E-state index in [0.717, 1.165) is 17.4 Å². The summed E-state index contributed by atoms with van der Waals surface area (Å²) in [5.41, 5.74) is 5.52. The van der Waals surface area contributed by atoms with Crippen molar-refractivity contribution in [3.05, 3.63) is 40.0 Å². The number of nitrogens with two attached hydrogens (primary N) is 1. The van der Waals surface area contributed by atoms with E-state index in [0.29, 0.717) is 23.2 Å². The fourth-order valence-electron chi connectivity index (χ4n) is 1.50. The molecule has 0 unspecified atom stereocenters. The zero-order valence-corrected chi connectivity index (χ0v) is 12.0. The largest absolute Gasteiger partial charge is 0.492 e. The summed E-state index contributed by atoms with van der Waals surface area (Å²) in [6, 6.07) is 7.30. The van der Waals surface area contributed by atoms with E-state index in [1.165, 1.54) is 0 Å². The summed E-state index contributed by atoms with van der Waals surface area (Å²) in [5.74, 6) is 1.22. The lowest BCUT2D eigenvalue weighted by Crippen LogP contribution is -2.05. The highest BCUT2D eigenvalue weighted by atomic mass is 79.9. The van der Waals surface area contributed by atoms with Crippen LogP contribution in [0.1, 0.15) is 6.42 Å². The Balaban J connectivity index is 1.80. The molecule has 1 aromatic carbocycles. The molecule has 2 aromatic rings. The van der Waals surface area contributed by atoms with Crippen molar-refractivity contribution in [1.82, 2.24) is 9.78 Å². The molecule has 0 aliphatic heterocycles. The molecule has 0 aliphatic carbocycles. The van der Waals surface area contributed by atoms with Crippen molar-refractivity contribution >= 4 is 33.3 Å². The summed E-state index contributed by atoms with van der Waals surface area (Å²) in [6.07, 6.45) is 2.69. The van der Waals surface area contributed by atoms with Crippen LogP contribution in [0.2, 0.25) is 5.02 Å². The summed E-state index contributed by atoms with van der Waals surface area (Å²) < 4.78 is 8.35. The maximum Gasteiger partial charge on any atom is 0.145 e. The number of nitrogen functional groups attached to an aromatic ring is 1. The number of ether oxygens (including phenoxy) is 1. The van der Waals surface area contributed by atoms with Crippen molar-refractivity contribution in [2.75, 3.05) is 12.3 Å². The molecule has 0 amide bonds. The molecule has 0 aliphatic rings. The standard InChI is InChI=1S/C12H13BrClN3O/c13-9-2-3-10(14)11(8-9)18-7-1-5-17-6-4-12(15)16-17/h2-4,6,8H,1,5,7H2,(H2,15,16). The first-order chi connectivity index (χ1) is 8.65. The first-order valence-electron chi connectivity index (χ1n) is 5.52. The number of hydrogen-bond donors (Lipinski definition) is 1. The molecule has 18 heavy (non-hydrogen) atoms. The van der Waals surface area contributed by atoms with E-state index in [4.69, 9.17) is 22.1 Å². The second-order valence-electron chi connectivity index (χ2n) is 3.78. The molecule has 4 nitrogen and oxygen atoms in total. The molecular formula is C12H13BrClN3O. The predicted molar refractivity (Wildman–Crippen MR) is 75.9 cm³/mol. The minimum absolute atomic E-state index is 0.533. The molecule has 1 aromatic heterocycles. The summed E-state index contributed by atoms with van der Waals surface area (Å²) in [6.45, 7) is 1.35. The lowest BCUT2D eigenvalue weighted by atomic mass is 10.3. The maximum absolute atomic E-state index is 6.02. The molecular weight excluding hydrogens is 318 g/mol. The van der Waals surface area contributed by atoms with Crippen LogP contribution in [-0.4, -0.2) is 16.4 Å². The van der Waals surface area contributed by atoms with E-state index in [1.54, 1.807) is 16.8 Å². The minimum atomic E-state index is 0.533. The Morgan fingerprint density at radius 2 is 2.22 bits per heavy atom. The van der Waals surface area contributed by atoms with Crippen LogP contribution in [0.25, 0.3) is 0 Å². The Hall–Kier alpha value is -1.20. The second-order valence-corrected chi connectivity index (χ2v) is 5.10. The lowest BCUT2D eigenvalue weighted by Gasteiger charge is -2.08. The quantitative estimate of drug-likeness (QED) is 0.855. The number of benzene rings is 1. The third-order valence-electron chi connectivity index (χ3n) is 2.34. The highest BCUT2D eigenvalue weighted by Gasteiger charge is 2.02. The third-order valence-corrected chi connectivity index (χ3v) is 3.15. The van der Waals surface area contributed by atoms with E-state index in [-0.39, 0.29) is 0 Å². The van der Waals surface area contributed by atoms with Crippen LogP contribution >= 0.6 is 27.5 Å². The van der Waals surface area contributed by atoms with E-state index in [2.05, 4.69) is 21.0 Å². The smallest absolute Gasteiger partial charge is 0.145 e. The Labute approximate surface area is 119 Å². The van der Waals surface area contributed by atoms with Crippen molar-refractivity contribution in [3.8, 4) is 5.75 Å². The van der Waals surface area contributed by atoms with Gasteiger partial charge in [0, 0.05) is 23.6 Å². The van der Waals surface area contributed by atoms with Crippen molar-refractivity contribution < 1.29 is 4.74 Å². The topological polar surface area (TPSA) is 53.1 Å². The number of aryl methyl sites for hydroxylation is 1. The van der Waals surface area contributed by atoms with Crippen LogP contribution in [0.15, 0.2) is 34.9 Å². The molecule has 0 saturated carbocycles. The third kappa shape index (κ3) is 3.65. The number of anilines is 1. The molecule has 6 heteroatoms. The van der Waals surface area contributed by atoms with E-state index in [1.807, 2.05) is 18.3 Å². The van der Waals surface area contributed by atoms with Crippen molar-refractivity contribution in [2.24, 2.45) is 0 Å². The Bertz CT molecular complexity index is 530. The number of hydrogen-bond acceptors (Lipinski definition) is 3. The van der Waals surface area contributed by atoms with Gasteiger partial charge in [-0.05, 0) is 24.3 Å². The predicted octanol–water partition coefficient (Wildman–Crippen LogP) is 3.35. The van der Waals surface area contributed by atoms with Crippen LogP contribution in [0, 0.1) is 0 Å². The molecule has 96 valence electrons. The lowest BCUT2D eigenvalue weighted by molar-refractivity contribution is 0.299. The minimum Gasteiger partial charge on any atom is -0.492 e. The zero-order valence-electron chi connectivity index (χ0n) is 9.64. The first kappa shape index (κ1) is 13.2. The van der Waals surface area contributed by atoms with Crippen LogP contribution in [-0.2, 0) is 6.54 Å². The van der Waals surface area contributed by atoms with Crippen LogP contribution in [0.5, 0.6) is 5.75 Å². The molecule has 0 atom stereocenters. The summed E-state index contributed by atoms with van der Waals surface area (Å²) in [5, 5.41) is 4.70. The first-order valence-corrected chi connectivity index (χ1v) is 6.69. The number of aromatic nitrogens is 2. The number of halogens is 2. The number of nitrogens with zero attached hydrogens (tertiary/aromatic N) is 2. The van der Waals surface area contributed by atoms with Gasteiger partial charge in [0.25, 0.3) is 0 Å². The van der Waals surface area contributed by atoms with Gasteiger partial charge in [-0.25, -0.2) is 0 Å². The molecule has 0 saturated heterocycles. The van der Waals surface area contributed by atoms with Gasteiger partial charge in [0.2, 0.25) is 0 Å². The van der Waals surface area contributed by atoms with E-state index >= 15 is 0 Å². The van der Waals surface area contributed by atoms with Crippen LogP contribution < -0.4 is 10.5 Å². The summed E-state index contributed by atoms with van der Waals surface area (Å²) in [4.78, 5) is 0. The monoisotopic (exact) mass is 329 g/mol. The van der Waals surface area contributed by atoms with Gasteiger partial charge in [0.1, 0.15) is 11.6 Å². The number of rotatable bonds is 5. The molecule has 0 spiro atoms. The SMILES string of the molecule is Nc1ccn(CCCOc2cc(Br)ccc2Cl)n1. The molecule has 0 fully saturated rings. The second kappa shape index (κ2) is 6.11. The van der Waals surface area contributed by atoms with Gasteiger partial charge in [-0.1, -0.05) is 27.5 Å². The molecule has 2 rings (SSSR count).